The molecule has 0 aromatic heterocycles. The van der Waals surface area contributed by atoms with E-state index in [1.807, 2.05) is 0 Å². The average molecular weight is 230 g/mol. The molecule has 16 heavy (non-hydrogen) atoms. The highest BCUT2D eigenvalue weighted by atomic mass is 16.4. The summed E-state index contributed by atoms with van der Waals surface area (Å²) in [5, 5.41) is 20.7. The van der Waals surface area contributed by atoms with Gasteiger partial charge in [-0.15, -0.1) is 0 Å². The first-order chi connectivity index (χ1) is 7.31. The van der Waals surface area contributed by atoms with Gasteiger partial charge in [0.05, 0.1) is 0 Å². The smallest absolute Gasteiger partial charge is 0.427 e. The zero-order valence-corrected chi connectivity index (χ0v) is 10.9. The maximum absolute atomic E-state index is 8.66. The van der Waals surface area contributed by atoms with E-state index < -0.39 is 7.12 Å². The lowest BCUT2D eigenvalue weighted by molar-refractivity contribution is 0.393. The SMILES string of the molecule is CC(C)(C)NCCC(N)CCCCB(O)O. The summed E-state index contributed by atoms with van der Waals surface area (Å²) >= 11 is 0. The fraction of sp³-hybridized carbons (Fsp3) is 1.00. The second-order valence-electron chi connectivity index (χ2n) is 5.49. The molecule has 0 heterocycles. The van der Waals surface area contributed by atoms with E-state index in [2.05, 4.69) is 26.1 Å². The average Bonchev–Trinajstić information content (AvgIpc) is 2.10. The van der Waals surface area contributed by atoms with Gasteiger partial charge in [-0.1, -0.05) is 12.8 Å². The van der Waals surface area contributed by atoms with Crippen molar-refractivity contribution in [2.45, 2.75) is 64.4 Å². The summed E-state index contributed by atoms with van der Waals surface area (Å²) in [6.45, 7) is 7.36. The van der Waals surface area contributed by atoms with Gasteiger partial charge in [0.25, 0.3) is 0 Å². The summed E-state index contributed by atoms with van der Waals surface area (Å²) in [6.07, 6.45) is 4.18. The van der Waals surface area contributed by atoms with E-state index in [0.29, 0.717) is 6.32 Å². The lowest BCUT2D eigenvalue weighted by Gasteiger charge is -2.21. The van der Waals surface area contributed by atoms with Crippen LogP contribution in [0, 0.1) is 0 Å². The number of hydrogen-bond donors (Lipinski definition) is 4. The molecule has 0 aromatic rings. The molecular weight excluding hydrogens is 203 g/mol. The van der Waals surface area contributed by atoms with Gasteiger partial charge >= 0.3 is 7.12 Å². The Hall–Kier alpha value is -0.0951. The molecule has 1 atom stereocenters. The number of nitrogens with one attached hydrogen (secondary N) is 1. The number of hydrogen-bond acceptors (Lipinski definition) is 4. The molecule has 0 aliphatic heterocycles. The van der Waals surface area contributed by atoms with Crippen LogP contribution in [0.5, 0.6) is 0 Å². The van der Waals surface area contributed by atoms with Crippen molar-refractivity contribution in [1.29, 1.82) is 0 Å². The molecular formula is C11H27BN2O2. The molecule has 4 nitrogen and oxygen atoms in total. The number of rotatable bonds is 8. The molecule has 0 saturated carbocycles. The van der Waals surface area contributed by atoms with Crippen LogP contribution in [0.15, 0.2) is 0 Å². The molecule has 96 valence electrons. The van der Waals surface area contributed by atoms with E-state index in [9.17, 15) is 0 Å². The second-order valence-corrected chi connectivity index (χ2v) is 5.49. The normalized spacial score (nSPS) is 13.9. The minimum absolute atomic E-state index is 0.153. The minimum atomic E-state index is -1.17. The van der Waals surface area contributed by atoms with E-state index in [1.165, 1.54) is 0 Å². The fourth-order valence-corrected chi connectivity index (χ4v) is 1.51. The summed E-state index contributed by atoms with van der Waals surface area (Å²) in [5.41, 5.74) is 6.11. The maximum atomic E-state index is 8.66. The van der Waals surface area contributed by atoms with E-state index in [4.69, 9.17) is 15.8 Å². The molecule has 0 fully saturated rings. The number of unbranched alkanes of at least 4 members (excludes halogenated alkanes) is 1. The number of nitrogens with two attached hydrogens (primary N) is 1. The first-order valence-electron chi connectivity index (χ1n) is 6.18. The van der Waals surface area contributed by atoms with Crippen molar-refractivity contribution in [2.75, 3.05) is 6.54 Å². The third kappa shape index (κ3) is 12.0. The molecule has 0 spiro atoms. The Morgan fingerprint density at radius 1 is 1.19 bits per heavy atom. The van der Waals surface area contributed by atoms with Crippen molar-refractivity contribution < 1.29 is 10.0 Å². The summed E-state index contributed by atoms with van der Waals surface area (Å²) in [4.78, 5) is 0. The van der Waals surface area contributed by atoms with Gasteiger partial charge in [0.1, 0.15) is 0 Å². The van der Waals surface area contributed by atoms with Crippen LogP contribution in [-0.4, -0.2) is 35.3 Å². The summed E-state index contributed by atoms with van der Waals surface area (Å²) < 4.78 is 0. The molecule has 0 aliphatic carbocycles. The summed E-state index contributed by atoms with van der Waals surface area (Å²) in [6, 6.07) is 0.214. The lowest BCUT2D eigenvalue weighted by Crippen LogP contribution is -2.38. The monoisotopic (exact) mass is 230 g/mol. The molecule has 5 heteroatoms. The maximum Gasteiger partial charge on any atom is 0.451 e. The van der Waals surface area contributed by atoms with Gasteiger partial charge < -0.3 is 21.1 Å². The van der Waals surface area contributed by atoms with Gasteiger partial charge in [-0.2, -0.15) is 0 Å². The van der Waals surface area contributed by atoms with Crippen LogP contribution in [-0.2, 0) is 0 Å². The van der Waals surface area contributed by atoms with E-state index >= 15 is 0 Å². The van der Waals surface area contributed by atoms with Crippen molar-refractivity contribution in [3.8, 4) is 0 Å². The first-order valence-corrected chi connectivity index (χ1v) is 6.18. The third-order valence-corrected chi connectivity index (χ3v) is 2.46. The van der Waals surface area contributed by atoms with Crippen LogP contribution in [0.25, 0.3) is 0 Å². The molecule has 0 rings (SSSR count). The molecule has 5 N–H and O–H groups in total. The molecule has 0 aliphatic rings. The van der Waals surface area contributed by atoms with Gasteiger partial charge in [-0.3, -0.25) is 0 Å². The van der Waals surface area contributed by atoms with Crippen molar-refractivity contribution >= 4 is 7.12 Å². The van der Waals surface area contributed by atoms with Gasteiger partial charge in [0.2, 0.25) is 0 Å². The lowest BCUT2D eigenvalue weighted by atomic mass is 9.83. The zero-order valence-electron chi connectivity index (χ0n) is 10.9. The Morgan fingerprint density at radius 2 is 1.81 bits per heavy atom. The highest BCUT2D eigenvalue weighted by Crippen LogP contribution is 2.06. The predicted octanol–water partition coefficient (Wildman–Crippen LogP) is 0.735. The van der Waals surface area contributed by atoms with Crippen LogP contribution in [0.2, 0.25) is 6.32 Å². The summed E-state index contributed by atoms with van der Waals surface area (Å²) in [7, 11) is -1.17. The van der Waals surface area contributed by atoms with Crippen molar-refractivity contribution in [3.63, 3.8) is 0 Å². The van der Waals surface area contributed by atoms with E-state index in [-0.39, 0.29) is 11.6 Å². The Labute approximate surface area is 99.8 Å². The van der Waals surface area contributed by atoms with Crippen LogP contribution in [0.3, 0.4) is 0 Å². The quantitative estimate of drug-likeness (QED) is 0.366. The Kier molecular flexibility index (Phi) is 8.02. The van der Waals surface area contributed by atoms with Crippen molar-refractivity contribution in [3.05, 3.63) is 0 Å². The predicted molar refractivity (Wildman–Crippen MR) is 69.2 cm³/mol. The highest BCUT2D eigenvalue weighted by Gasteiger charge is 2.10. The molecule has 0 radical (unpaired) electrons. The largest absolute Gasteiger partial charge is 0.451 e. The zero-order chi connectivity index (χ0) is 12.6. The minimum Gasteiger partial charge on any atom is -0.427 e. The van der Waals surface area contributed by atoms with Gasteiger partial charge in [-0.25, -0.2) is 0 Å². The van der Waals surface area contributed by atoms with Crippen LogP contribution in [0.1, 0.15) is 46.5 Å². The topological polar surface area (TPSA) is 78.5 Å². The van der Waals surface area contributed by atoms with Crippen LogP contribution in [0.4, 0.5) is 0 Å². The Bertz CT molecular complexity index is 172. The van der Waals surface area contributed by atoms with Gasteiger partial charge in [0, 0.05) is 11.6 Å². The molecule has 0 amide bonds. The second kappa shape index (κ2) is 8.06. The summed E-state index contributed by atoms with van der Waals surface area (Å²) in [5.74, 6) is 0. The van der Waals surface area contributed by atoms with E-state index in [1.54, 1.807) is 0 Å². The van der Waals surface area contributed by atoms with Crippen LogP contribution < -0.4 is 11.1 Å². The van der Waals surface area contributed by atoms with Gasteiger partial charge in [-0.05, 0) is 46.5 Å². The van der Waals surface area contributed by atoms with Crippen molar-refractivity contribution in [1.82, 2.24) is 5.32 Å². The van der Waals surface area contributed by atoms with Gasteiger partial charge in [0.15, 0.2) is 0 Å². The highest BCUT2D eigenvalue weighted by molar-refractivity contribution is 6.40. The molecule has 0 saturated heterocycles. The standard InChI is InChI=1S/C11H27BN2O2/c1-11(2,3)14-9-7-10(13)6-4-5-8-12(15)16/h10,14-16H,4-9,13H2,1-3H3. The first kappa shape index (κ1) is 15.9. The molecule has 1 unspecified atom stereocenters. The van der Waals surface area contributed by atoms with Crippen LogP contribution >= 0.6 is 0 Å². The molecule has 0 bridgehead atoms. The Balaban J connectivity index is 3.35. The fourth-order valence-electron chi connectivity index (χ4n) is 1.51. The van der Waals surface area contributed by atoms with Crippen molar-refractivity contribution in [2.24, 2.45) is 5.73 Å². The molecule has 0 aromatic carbocycles. The third-order valence-electron chi connectivity index (χ3n) is 2.46. The van der Waals surface area contributed by atoms with E-state index in [0.717, 1.165) is 32.2 Å². The Morgan fingerprint density at radius 3 is 2.31 bits per heavy atom.